The summed E-state index contributed by atoms with van der Waals surface area (Å²) in [6.45, 7) is 4.36. The van der Waals surface area contributed by atoms with Crippen LogP contribution in [0.3, 0.4) is 0 Å². The van der Waals surface area contributed by atoms with Crippen LogP contribution in [0.1, 0.15) is 39.5 Å². The van der Waals surface area contributed by atoms with Gasteiger partial charge in [-0.25, -0.2) is 0 Å². The second-order valence-corrected chi connectivity index (χ2v) is 5.00. The van der Waals surface area contributed by atoms with Crippen LogP contribution in [0.2, 0.25) is 0 Å². The molecule has 1 heterocycles. The second kappa shape index (κ2) is 12.3. The van der Waals surface area contributed by atoms with Crippen LogP contribution in [0.15, 0.2) is 0 Å². The molecule has 0 aromatic heterocycles. The molecule has 1 aliphatic heterocycles. The zero-order valence-electron chi connectivity index (χ0n) is 12.9. The Hall–Kier alpha value is -0.280. The average molecular weight is 310 g/mol. The minimum absolute atomic E-state index is 0.344. The van der Waals surface area contributed by atoms with E-state index in [0.717, 1.165) is 25.7 Å². The lowest BCUT2D eigenvalue weighted by Gasteiger charge is -2.39. The molecule has 0 spiro atoms. The molecule has 128 valence electrons. The lowest BCUT2D eigenvalue weighted by atomic mass is 9.99. The van der Waals surface area contributed by atoms with E-state index in [1.54, 1.807) is 0 Å². The van der Waals surface area contributed by atoms with Crippen LogP contribution in [0, 0.1) is 0 Å². The number of aliphatic hydroxyl groups is 5. The third-order valence-electron chi connectivity index (χ3n) is 3.14. The molecule has 21 heavy (non-hydrogen) atoms. The predicted octanol–water partition coefficient (Wildman–Crippen LogP) is -0.618. The molecule has 5 atom stereocenters. The van der Waals surface area contributed by atoms with Gasteiger partial charge in [-0.3, -0.25) is 0 Å². The van der Waals surface area contributed by atoms with E-state index < -0.39 is 37.3 Å². The average Bonchev–Trinajstić information content (AvgIpc) is 2.49. The van der Waals surface area contributed by atoms with Crippen LogP contribution >= 0.6 is 0 Å². The molecular weight excluding hydrogens is 280 g/mol. The second-order valence-electron chi connectivity index (χ2n) is 5.00. The van der Waals surface area contributed by atoms with Gasteiger partial charge in [0, 0.05) is 13.2 Å². The van der Waals surface area contributed by atoms with E-state index in [-0.39, 0.29) is 0 Å². The molecule has 0 aromatic carbocycles. The van der Waals surface area contributed by atoms with Gasteiger partial charge in [-0.15, -0.1) is 0 Å². The highest BCUT2D eigenvalue weighted by atomic mass is 16.7. The van der Waals surface area contributed by atoms with Crippen LogP contribution in [0.25, 0.3) is 0 Å². The molecular formula is C14H30O7. The zero-order chi connectivity index (χ0) is 16.3. The molecule has 1 rings (SSSR count). The Kier molecular flexibility index (Phi) is 12.1. The molecule has 0 radical (unpaired) electrons. The Morgan fingerprint density at radius 3 is 1.95 bits per heavy atom. The van der Waals surface area contributed by atoms with Gasteiger partial charge < -0.3 is 35.0 Å². The van der Waals surface area contributed by atoms with Gasteiger partial charge in [0.05, 0.1) is 6.61 Å². The molecule has 0 bridgehead atoms. The number of hydrogen-bond donors (Lipinski definition) is 5. The maximum Gasteiger partial charge on any atom is 0.186 e. The maximum atomic E-state index is 9.58. The van der Waals surface area contributed by atoms with E-state index in [2.05, 4.69) is 6.92 Å². The van der Waals surface area contributed by atoms with E-state index in [1.165, 1.54) is 0 Å². The van der Waals surface area contributed by atoms with E-state index >= 15 is 0 Å². The number of aliphatic hydroxyl groups excluding tert-OH is 5. The highest BCUT2D eigenvalue weighted by Crippen LogP contribution is 2.21. The molecule has 0 amide bonds. The van der Waals surface area contributed by atoms with Crippen molar-refractivity contribution in [3.05, 3.63) is 0 Å². The van der Waals surface area contributed by atoms with Gasteiger partial charge in [0.15, 0.2) is 6.29 Å². The smallest absolute Gasteiger partial charge is 0.186 e. The summed E-state index contributed by atoms with van der Waals surface area (Å²) in [6.07, 6.45) is -2.09. The maximum absolute atomic E-state index is 9.58. The first-order valence-corrected chi connectivity index (χ1v) is 7.56. The normalized spacial score (nSPS) is 32.4. The summed E-state index contributed by atoms with van der Waals surface area (Å²) < 4.78 is 10.4. The van der Waals surface area contributed by atoms with E-state index in [9.17, 15) is 15.3 Å². The van der Waals surface area contributed by atoms with Crippen LogP contribution in [-0.4, -0.2) is 76.1 Å². The highest BCUT2D eigenvalue weighted by Gasteiger charge is 2.43. The Bertz CT molecular complexity index is 235. The van der Waals surface area contributed by atoms with Crippen molar-refractivity contribution in [2.75, 3.05) is 19.8 Å². The van der Waals surface area contributed by atoms with Gasteiger partial charge in [0.25, 0.3) is 0 Å². The highest BCUT2D eigenvalue weighted by molar-refractivity contribution is 4.88. The molecule has 1 saturated heterocycles. The van der Waals surface area contributed by atoms with Crippen molar-refractivity contribution >= 4 is 0 Å². The van der Waals surface area contributed by atoms with Crippen LogP contribution in [0.4, 0.5) is 0 Å². The van der Waals surface area contributed by atoms with Crippen molar-refractivity contribution in [1.29, 1.82) is 0 Å². The first kappa shape index (κ1) is 20.7. The molecule has 1 fully saturated rings. The lowest BCUT2D eigenvalue weighted by Crippen LogP contribution is -2.59. The summed E-state index contributed by atoms with van der Waals surface area (Å²) >= 11 is 0. The molecule has 7 heteroatoms. The van der Waals surface area contributed by atoms with Gasteiger partial charge >= 0.3 is 0 Å². The number of ether oxygens (including phenoxy) is 2. The van der Waals surface area contributed by atoms with Gasteiger partial charge in [0.2, 0.25) is 0 Å². The fourth-order valence-electron chi connectivity index (χ4n) is 1.71. The molecule has 1 aliphatic rings. The van der Waals surface area contributed by atoms with Crippen LogP contribution in [0.5, 0.6) is 0 Å². The number of rotatable bonds is 7. The van der Waals surface area contributed by atoms with Gasteiger partial charge in [0.1, 0.15) is 24.4 Å². The summed E-state index contributed by atoms with van der Waals surface area (Å²) in [5.41, 5.74) is 0. The summed E-state index contributed by atoms with van der Waals surface area (Å²) in [6, 6.07) is 0. The van der Waals surface area contributed by atoms with Crippen LogP contribution < -0.4 is 0 Å². The fourth-order valence-corrected chi connectivity index (χ4v) is 1.71. The monoisotopic (exact) mass is 310 g/mol. The van der Waals surface area contributed by atoms with Crippen molar-refractivity contribution < 1.29 is 35.0 Å². The van der Waals surface area contributed by atoms with Gasteiger partial charge in [-0.2, -0.15) is 0 Å². The minimum atomic E-state index is -1.36. The van der Waals surface area contributed by atoms with Crippen LogP contribution in [-0.2, 0) is 9.47 Å². The molecule has 5 unspecified atom stereocenters. The Morgan fingerprint density at radius 1 is 0.905 bits per heavy atom. The van der Waals surface area contributed by atoms with Crippen molar-refractivity contribution in [3.63, 3.8) is 0 Å². The van der Waals surface area contributed by atoms with E-state index in [1.807, 2.05) is 6.92 Å². The largest absolute Gasteiger partial charge is 0.396 e. The number of unbranched alkanes of at least 4 members (excludes halogenated alkanes) is 2. The third-order valence-corrected chi connectivity index (χ3v) is 3.14. The van der Waals surface area contributed by atoms with Gasteiger partial charge in [-0.1, -0.05) is 26.7 Å². The minimum Gasteiger partial charge on any atom is -0.396 e. The third kappa shape index (κ3) is 7.51. The van der Waals surface area contributed by atoms with Crippen molar-refractivity contribution in [2.24, 2.45) is 0 Å². The molecule has 7 nitrogen and oxygen atoms in total. The fraction of sp³-hybridized carbons (Fsp3) is 1.00. The predicted molar refractivity (Wildman–Crippen MR) is 76.6 cm³/mol. The molecule has 0 aliphatic carbocycles. The number of hydrogen-bond acceptors (Lipinski definition) is 7. The topological polar surface area (TPSA) is 120 Å². The van der Waals surface area contributed by atoms with Crippen molar-refractivity contribution in [2.45, 2.75) is 70.2 Å². The summed E-state index contributed by atoms with van der Waals surface area (Å²) in [5, 5.41) is 45.5. The first-order chi connectivity index (χ1) is 10.0. The lowest BCUT2D eigenvalue weighted by molar-refractivity contribution is -0.301. The quantitative estimate of drug-likeness (QED) is 0.398. The Balaban J connectivity index is 0.000000690. The van der Waals surface area contributed by atoms with Gasteiger partial charge in [-0.05, 0) is 12.8 Å². The zero-order valence-corrected chi connectivity index (χ0v) is 12.9. The first-order valence-electron chi connectivity index (χ1n) is 7.56. The standard InChI is InChI=1S/C10H20O6.C4H10O/c1-2-3-4-15-10-9(14)8(13)7(12)6(5-11)16-10;1-2-3-4-5/h6-14H,2-5H2,1H3;5H,2-4H2,1H3. The Labute approximate surface area is 126 Å². The summed E-state index contributed by atoms with van der Waals surface area (Å²) in [7, 11) is 0. The Morgan fingerprint density at radius 2 is 1.52 bits per heavy atom. The van der Waals surface area contributed by atoms with E-state index in [4.69, 9.17) is 19.7 Å². The summed E-state index contributed by atoms with van der Waals surface area (Å²) in [5.74, 6) is 0. The molecule has 5 N–H and O–H groups in total. The SMILES string of the molecule is CCCCO.CCCCOC1OC(CO)C(O)C(O)C1O. The summed E-state index contributed by atoms with van der Waals surface area (Å²) in [4.78, 5) is 0. The molecule has 0 aromatic rings. The van der Waals surface area contributed by atoms with Crippen molar-refractivity contribution in [3.8, 4) is 0 Å². The molecule has 0 saturated carbocycles. The van der Waals surface area contributed by atoms with E-state index in [0.29, 0.717) is 13.2 Å². The van der Waals surface area contributed by atoms with Crippen molar-refractivity contribution in [1.82, 2.24) is 0 Å².